The van der Waals surface area contributed by atoms with Crippen LogP contribution in [-0.2, 0) is 0 Å². The van der Waals surface area contributed by atoms with Gasteiger partial charge in [-0.05, 0) is 31.2 Å². The Kier molecular flexibility index (Phi) is 6.49. The van der Waals surface area contributed by atoms with E-state index in [1.54, 1.807) is 31.2 Å². The highest BCUT2D eigenvalue weighted by atomic mass is 35.5. The summed E-state index contributed by atoms with van der Waals surface area (Å²) in [6.07, 6.45) is -0.382. The first-order chi connectivity index (χ1) is 8.58. The van der Waals surface area contributed by atoms with Gasteiger partial charge in [-0.15, -0.1) is 0 Å². The molecule has 0 saturated heterocycles. The van der Waals surface area contributed by atoms with Crippen molar-refractivity contribution in [1.82, 2.24) is 10.6 Å². The van der Waals surface area contributed by atoms with Crippen molar-refractivity contribution >= 4 is 23.3 Å². The number of amides is 2. The molecule has 0 spiro atoms. The average Bonchev–Trinajstić information content (AvgIpc) is 2.31. The van der Waals surface area contributed by atoms with E-state index in [1.807, 2.05) is 0 Å². The number of halogens is 1. The number of rotatable bonds is 6. The fourth-order valence-electron chi connectivity index (χ4n) is 1.28. The smallest absolute Gasteiger partial charge is 0.319 e. The second-order valence-corrected chi connectivity index (χ2v) is 4.38. The minimum Gasteiger partial charge on any atom is -0.392 e. The van der Waals surface area contributed by atoms with E-state index >= 15 is 0 Å². The lowest BCUT2D eigenvalue weighted by Gasteiger charge is -2.09. The third-order valence-corrected chi connectivity index (χ3v) is 2.38. The minimum absolute atomic E-state index is 0.267. The van der Waals surface area contributed by atoms with Gasteiger partial charge in [0.1, 0.15) is 0 Å². The Morgan fingerprint density at radius 3 is 2.61 bits per heavy atom. The topological polar surface area (TPSA) is 73.4 Å². The van der Waals surface area contributed by atoms with Crippen LogP contribution in [0.3, 0.4) is 0 Å². The third-order valence-electron chi connectivity index (χ3n) is 2.13. The quantitative estimate of drug-likeness (QED) is 0.592. The number of aliphatic hydroxyl groups is 1. The van der Waals surface area contributed by atoms with Gasteiger partial charge in [0.15, 0.2) is 0 Å². The molecule has 1 unspecified atom stereocenters. The van der Waals surface area contributed by atoms with Gasteiger partial charge in [-0.3, -0.25) is 0 Å². The molecule has 1 rings (SSSR count). The van der Waals surface area contributed by atoms with Crippen molar-refractivity contribution in [3.05, 3.63) is 29.3 Å². The van der Waals surface area contributed by atoms with E-state index in [2.05, 4.69) is 16.0 Å². The molecule has 0 radical (unpaired) electrons. The second kappa shape index (κ2) is 7.92. The highest BCUT2D eigenvalue weighted by Crippen LogP contribution is 2.12. The highest BCUT2D eigenvalue weighted by molar-refractivity contribution is 6.30. The standard InChI is InChI=1S/C12H18ClN3O2/c1-9(17)8-14-6-7-15-12(18)16-11-4-2-10(13)3-5-11/h2-5,9,14,17H,6-8H2,1H3,(H2,15,16,18). The van der Waals surface area contributed by atoms with E-state index in [-0.39, 0.29) is 12.1 Å². The van der Waals surface area contributed by atoms with Crippen molar-refractivity contribution in [1.29, 1.82) is 0 Å². The van der Waals surface area contributed by atoms with Gasteiger partial charge in [0.25, 0.3) is 0 Å². The van der Waals surface area contributed by atoms with Gasteiger partial charge < -0.3 is 21.1 Å². The summed E-state index contributed by atoms with van der Waals surface area (Å²) in [4.78, 5) is 11.5. The first-order valence-electron chi connectivity index (χ1n) is 5.77. The molecule has 1 atom stereocenters. The molecule has 0 saturated carbocycles. The summed E-state index contributed by atoms with van der Waals surface area (Å²) in [6, 6.07) is 6.61. The van der Waals surface area contributed by atoms with Crippen molar-refractivity contribution < 1.29 is 9.90 Å². The van der Waals surface area contributed by atoms with Crippen LogP contribution >= 0.6 is 11.6 Å². The Balaban J connectivity index is 2.16. The summed E-state index contributed by atoms with van der Waals surface area (Å²) in [5.74, 6) is 0. The van der Waals surface area contributed by atoms with E-state index in [0.717, 1.165) is 0 Å². The van der Waals surface area contributed by atoms with Gasteiger partial charge in [0, 0.05) is 30.3 Å². The van der Waals surface area contributed by atoms with Crippen molar-refractivity contribution in [2.75, 3.05) is 25.0 Å². The highest BCUT2D eigenvalue weighted by Gasteiger charge is 2.00. The number of carbonyl (C=O) groups excluding carboxylic acids is 1. The number of carbonyl (C=O) groups is 1. The number of benzene rings is 1. The van der Waals surface area contributed by atoms with Crippen molar-refractivity contribution in [2.45, 2.75) is 13.0 Å². The molecule has 5 nitrogen and oxygen atoms in total. The predicted molar refractivity (Wildman–Crippen MR) is 73.0 cm³/mol. The summed E-state index contributed by atoms with van der Waals surface area (Å²) >= 11 is 5.74. The lowest BCUT2D eigenvalue weighted by Crippen LogP contribution is -2.36. The van der Waals surface area contributed by atoms with Crippen LogP contribution in [0, 0.1) is 0 Å². The Labute approximate surface area is 112 Å². The molecular formula is C12H18ClN3O2. The maximum absolute atomic E-state index is 11.5. The normalized spacial score (nSPS) is 11.9. The van der Waals surface area contributed by atoms with E-state index in [0.29, 0.717) is 30.3 Å². The maximum atomic E-state index is 11.5. The Morgan fingerprint density at radius 2 is 2.00 bits per heavy atom. The van der Waals surface area contributed by atoms with Crippen LogP contribution in [0.1, 0.15) is 6.92 Å². The van der Waals surface area contributed by atoms with Gasteiger partial charge in [0.2, 0.25) is 0 Å². The predicted octanol–water partition coefficient (Wildman–Crippen LogP) is 1.43. The molecule has 4 N–H and O–H groups in total. The van der Waals surface area contributed by atoms with Gasteiger partial charge in [-0.2, -0.15) is 0 Å². The average molecular weight is 272 g/mol. The van der Waals surface area contributed by atoms with Crippen LogP contribution < -0.4 is 16.0 Å². The summed E-state index contributed by atoms with van der Waals surface area (Å²) in [5.41, 5.74) is 0.689. The van der Waals surface area contributed by atoms with Crippen molar-refractivity contribution in [3.63, 3.8) is 0 Å². The van der Waals surface area contributed by atoms with Crippen LogP contribution in [0.4, 0.5) is 10.5 Å². The number of hydrogen-bond donors (Lipinski definition) is 4. The number of aliphatic hydroxyl groups excluding tert-OH is 1. The van der Waals surface area contributed by atoms with E-state index in [4.69, 9.17) is 16.7 Å². The fraction of sp³-hybridized carbons (Fsp3) is 0.417. The molecule has 0 aliphatic carbocycles. The van der Waals surface area contributed by atoms with Gasteiger partial charge in [0.05, 0.1) is 6.10 Å². The molecule has 6 heteroatoms. The van der Waals surface area contributed by atoms with Gasteiger partial charge in [-0.1, -0.05) is 11.6 Å². The molecule has 18 heavy (non-hydrogen) atoms. The molecule has 0 aliphatic rings. The molecule has 0 aliphatic heterocycles. The molecule has 2 amide bonds. The molecule has 100 valence electrons. The first kappa shape index (κ1) is 14.8. The summed E-state index contributed by atoms with van der Waals surface area (Å²) in [7, 11) is 0. The Bertz CT molecular complexity index is 368. The zero-order valence-corrected chi connectivity index (χ0v) is 11.0. The summed E-state index contributed by atoms with van der Waals surface area (Å²) in [6.45, 7) is 3.32. The number of anilines is 1. The van der Waals surface area contributed by atoms with Crippen LogP contribution in [0.25, 0.3) is 0 Å². The van der Waals surface area contributed by atoms with E-state index in [9.17, 15) is 4.79 Å². The minimum atomic E-state index is -0.382. The first-order valence-corrected chi connectivity index (χ1v) is 6.15. The van der Waals surface area contributed by atoms with Crippen LogP contribution in [0.15, 0.2) is 24.3 Å². The molecule has 0 aromatic heterocycles. The maximum Gasteiger partial charge on any atom is 0.319 e. The molecule has 0 bridgehead atoms. The second-order valence-electron chi connectivity index (χ2n) is 3.94. The molecule has 0 fully saturated rings. The number of urea groups is 1. The van der Waals surface area contributed by atoms with E-state index < -0.39 is 0 Å². The lowest BCUT2D eigenvalue weighted by atomic mass is 10.3. The molecule has 0 heterocycles. The molecule has 1 aromatic rings. The van der Waals surface area contributed by atoms with Crippen LogP contribution in [0.2, 0.25) is 5.02 Å². The van der Waals surface area contributed by atoms with Gasteiger partial charge in [-0.25, -0.2) is 4.79 Å². The fourth-order valence-corrected chi connectivity index (χ4v) is 1.41. The Hall–Kier alpha value is -1.30. The lowest BCUT2D eigenvalue weighted by molar-refractivity contribution is 0.191. The summed E-state index contributed by atoms with van der Waals surface area (Å²) in [5, 5.41) is 18.0. The largest absolute Gasteiger partial charge is 0.392 e. The zero-order valence-electron chi connectivity index (χ0n) is 10.2. The zero-order chi connectivity index (χ0) is 13.4. The number of nitrogens with one attached hydrogen (secondary N) is 3. The Morgan fingerprint density at radius 1 is 1.33 bits per heavy atom. The summed E-state index contributed by atoms with van der Waals surface area (Å²) < 4.78 is 0. The van der Waals surface area contributed by atoms with Gasteiger partial charge >= 0.3 is 6.03 Å². The molecular weight excluding hydrogens is 254 g/mol. The van der Waals surface area contributed by atoms with Crippen molar-refractivity contribution in [3.8, 4) is 0 Å². The third kappa shape index (κ3) is 6.44. The number of hydrogen-bond acceptors (Lipinski definition) is 3. The van der Waals surface area contributed by atoms with Crippen LogP contribution in [0.5, 0.6) is 0 Å². The SMILES string of the molecule is CC(O)CNCCNC(=O)Nc1ccc(Cl)cc1. The van der Waals surface area contributed by atoms with Crippen LogP contribution in [-0.4, -0.2) is 36.9 Å². The molecule has 1 aromatic carbocycles. The van der Waals surface area contributed by atoms with Crippen molar-refractivity contribution in [2.24, 2.45) is 0 Å². The monoisotopic (exact) mass is 271 g/mol. The van der Waals surface area contributed by atoms with E-state index in [1.165, 1.54) is 0 Å².